The lowest BCUT2D eigenvalue weighted by Crippen LogP contribution is -2.33. The number of hydrogen-bond donors (Lipinski definition) is 2. The fourth-order valence-corrected chi connectivity index (χ4v) is 3.85. The average molecular weight is 415 g/mol. The number of benzene rings is 1. The molecule has 3 heterocycles. The van der Waals surface area contributed by atoms with Crippen LogP contribution in [0.1, 0.15) is 12.8 Å². The molecule has 1 aliphatic heterocycles. The summed E-state index contributed by atoms with van der Waals surface area (Å²) in [5.74, 6) is 1.25. The molecule has 1 unspecified atom stereocenters. The monoisotopic (exact) mass is 415 g/mol. The number of methoxy groups -OCH3 is 1. The Kier molecular flexibility index (Phi) is 5.81. The van der Waals surface area contributed by atoms with Crippen LogP contribution in [-0.2, 0) is 9.53 Å². The Morgan fingerprint density at radius 3 is 2.93 bits per heavy atom. The van der Waals surface area contributed by atoms with Gasteiger partial charge in [-0.25, -0.2) is 14.5 Å². The predicted molar refractivity (Wildman–Crippen MR) is 108 cm³/mol. The minimum atomic E-state index is -0.282. The molecule has 1 aliphatic rings. The van der Waals surface area contributed by atoms with Crippen LogP contribution in [0.3, 0.4) is 0 Å². The van der Waals surface area contributed by atoms with Crippen LogP contribution in [0.15, 0.2) is 40.3 Å². The highest BCUT2D eigenvalue weighted by Crippen LogP contribution is 2.23. The van der Waals surface area contributed by atoms with E-state index in [-0.39, 0.29) is 23.3 Å². The molecule has 0 saturated carbocycles. The average Bonchev–Trinajstić information content (AvgIpc) is 3.39. The van der Waals surface area contributed by atoms with Gasteiger partial charge in [0.2, 0.25) is 5.91 Å². The molecule has 1 amide bonds. The molecule has 10 heteroatoms. The summed E-state index contributed by atoms with van der Waals surface area (Å²) in [6.45, 7) is 1.26. The first-order valence-corrected chi connectivity index (χ1v) is 10.3. The van der Waals surface area contributed by atoms with Crippen LogP contribution in [0.2, 0.25) is 0 Å². The predicted octanol–water partition coefficient (Wildman–Crippen LogP) is 1.48. The zero-order chi connectivity index (χ0) is 20.2. The summed E-state index contributed by atoms with van der Waals surface area (Å²) in [7, 11) is 1.60. The summed E-state index contributed by atoms with van der Waals surface area (Å²) >= 11 is 1.23. The van der Waals surface area contributed by atoms with E-state index >= 15 is 0 Å². The lowest BCUT2D eigenvalue weighted by Gasteiger charge is -2.11. The van der Waals surface area contributed by atoms with Gasteiger partial charge in [0, 0.05) is 24.8 Å². The number of aromatic amines is 1. The number of fused-ring (bicyclic) bond motifs is 1. The van der Waals surface area contributed by atoms with Crippen LogP contribution in [0.5, 0.6) is 5.75 Å². The molecule has 0 aliphatic carbocycles. The summed E-state index contributed by atoms with van der Waals surface area (Å²) in [5, 5.41) is 6.03. The van der Waals surface area contributed by atoms with Gasteiger partial charge in [0.25, 0.3) is 5.56 Å². The van der Waals surface area contributed by atoms with Crippen molar-refractivity contribution < 1.29 is 14.3 Å². The lowest BCUT2D eigenvalue weighted by molar-refractivity contribution is -0.119. The molecular weight excluding hydrogens is 394 g/mol. The summed E-state index contributed by atoms with van der Waals surface area (Å²) in [6, 6.07) is 8.72. The van der Waals surface area contributed by atoms with Gasteiger partial charge in [-0.1, -0.05) is 11.8 Å². The molecule has 1 saturated heterocycles. The Bertz CT molecular complexity index is 1060. The number of H-pyrrole nitrogens is 1. The number of amides is 1. The van der Waals surface area contributed by atoms with E-state index < -0.39 is 0 Å². The molecule has 0 spiro atoms. The molecule has 4 rings (SSSR count). The molecule has 9 nitrogen and oxygen atoms in total. The van der Waals surface area contributed by atoms with Crippen LogP contribution in [-0.4, -0.2) is 57.6 Å². The summed E-state index contributed by atoms with van der Waals surface area (Å²) in [6.07, 6.45) is 2.09. The first-order valence-electron chi connectivity index (χ1n) is 9.28. The van der Waals surface area contributed by atoms with Crippen molar-refractivity contribution in [3.63, 3.8) is 0 Å². The van der Waals surface area contributed by atoms with Gasteiger partial charge in [0.15, 0.2) is 16.6 Å². The van der Waals surface area contributed by atoms with Crippen LogP contribution in [0.25, 0.3) is 17.0 Å². The molecular formula is C19H21N5O4S. The number of hydrogen-bond acceptors (Lipinski definition) is 7. The van der Waals surface area contributed by atoms with E-state index in [1.165, 1.54) is 22.3 Å². The highest BCUT2D eigenvalue weighted by molar-refractivity contribution is 7.99. The molecule has 0 radical (unpaired) electrons. The van der Waals surface area contributed by atoms with Crippen molar-refractivity contribution in [1.82, 2.24) is 24.9 Å². The van der Waals surface area contributed by atoms with Gasteiger partial charge in [-0.3, -0.25) is 14.7 Å². The van der Waals surface area contributed by atoms with E-state index in [9.17, 15) is 9.59 Å². The van der Waals surface area contributed by atoms with Crippen molar-refractivity contribution in [1.29, 1.82) is 0 Å². The Balaban J connectivity index is 1.52. The van der Waals surface area contributed by atoms with Crippen molar-refractivity contribution in [3.05, 3.63) is 40.7 Å². The minimum absolute atomic E-state index is 0.0946. The van der Waals surface area contributed by atoms with Gasteiger partial charge in [0.05, 0.1) is 19.0 Å². The zero-order valence-electron chi connectivity index (χ0n) is 15.9. The number of carbonyl (C=O) groups is 1. The molecule has 2 N–H and O–H groups in total. The maximum Gasteiger partial charge on any atom is 0.266 e. The van der Waals surface area contributed by atoms with E-state index in [0.717, 1.165) is 30.8 Å². The highest BCUT2D eigenvalue weighted by Gasteiger charge is 2.17. The molecule has 1 fully saturated rings. The van der Waals surface area contributed by atoms with E-state index in [0.29, 0.717) is 23.2 Å². The normalized spacial score (nSPS) is 16.2. The molecule has 2 aromatic heterocycles. The van der Waals surface area contributed by atoms with Gasteiger partial charge in [0.1, 0.15) is 5.75 Å². The Hall–Kier alpha value is -2.85. The topological polar surface area (TPSA) is 111 Å². The second-order valence-electron chi connectivity index (χ2n) is 6.60. The van der Waals surface area contributed by atoms with Crippen LogP contribution >= 0.6 is 11.8 Å². The standard InChI is InChI=1S/C19H21N5O4S/c1-27-13-6-4-12(5-7-13)18-21-15-9-16(25)23-24(15)19(22-18)29-11-17(26)20-10-14-3-2-8-28-14/h4-7,9,14H,2-3,8,10-11H2,1H3,(H,20,26)(H,23,25). The minimum Gasteiger partial charge on any atom is -0.497 e. The second kappa shape index (κ2) is 8.66. The fraction of sp³-hybridized carbons (Fsp3) is 0.368. The zero-order valence-corrected chi connectivity index (χ0v) is 16.7. The van der Waals surface area contributed by atoms with Gasteiger partial charge >= 0.3 is 0 Å². The molecule has 152 valence electrons. The highest BCUT2D eigenvalue weighted by atomic mass is 32.2. The third-order valence-electron chi connectivity index (χ3n) is 4.56. The molecule has 3 aromatic rings. The van der Waals surface area contributed by atoms with Gasteiger partial charge < -0.3 is 14.8 Å². The Morgan fingerprint density at radius 2 is 2.21 bits per heavy atom. The quantitative estimate of drug-likeness (QED) is 0.562. The third-order valence-corrected chi connectivity index (χ3v) is 5.49. The van der Waals surface area contributed by atoms with Gasteiger partial charge in [-0.2, -0.15) is 0 Å². The molecule has 1 atom stereocenters. The molecule has 29 heavy (non-hydrogen) atoms. The van der Waals surface area contributed by atoms with Crippen molar-refractivity contribution in [2.75, 3.05) is 26.0 Å². The summed E-state index contributed by atoms with van der Waals surface area (Å²) in [5.41, 5.74) is 0.945. The second-order valence-corrected chi connectivity index (χ2v) is 7.54. The lowest BCUT2D eigenvalue weighted by atomic mass is 10.2. The summed E-state index contributed by atoms with van der Waals surface area (Å²) < 4.78 is 12.2. The fourth-order valence-electron chi connectivity index (χ4n) is 3.06. The number of rotatable bonds is 7. The van der Waals surface area contributed by atoms with Gasteiger partial charge in [-0.05, 0) is 37.1 Å². The first kappa shape index (κ1) is 19.5. The largest absolute Gasteiger partial charge is 0.497 e. The maximum atomic E-state index is 12.2. The van der Waals surface area contributed by atoms with Crippen molar-refractivity contribution in [2.45, 2.75) is 24.1 Å². The number of nitrogens with zero attached hydrogens (tertiary/aromatic N) is 3. The number of ether oxygens (including phenoxy) is 2. The van der Waals surface area contributed by atoms with Crippen molar-refractivity contribution in [3.8, 4) is 17.1 Å². The number of carbonyl (C=O) groups excluding carboxylic acids is 1. The molecule has 0 bridgehead atoms. The third kappa shape index (κ3) is 4.60. The smallest absolute Gasteiger partial charge is 0.266 e. The van der Waals surface area contributed by atoms with E-state index in [4.69, 9.17) is 9.47 Å². The van der Waals surface area contributed by atoms with E-state index in [1.807, 2.05) is 24.3 Å². The van der Waals surface area contributed by atoms with Crippen molar-refractivity contribution >= 4 is 23.3 Å². The van der Waals surface area contributed by atoms with Crippen molar-refractivity contribution in [2.24, 2.45) is 0 Å². The van der Waals surface area contributed by atoms with E-state index in [2.05, 4.69) is 20.4 Å². The maximum absolute atomic E-state index is 12.2. The number of thioether (sulfide) groups is 1. The summed E-state index contributed by atoms with van der Waals surface area (Å²) in [4.78, 5) is 33.0. The Morgan fingerprint density at radius 1 is 1.38 bits per heavy atom. The van der Waals surface area contributed by atoms with E-state index in [1.54, 1.807) is 7.11 Å². The van der Waals surface area contributed by atoms with Crippen LogP contribution in [0.4, 0.5) is 0 Å². The molecule has 1 aromatic carbocycles. The van der Waals surface area contributed by atoms with Crippen LogP contribution in [0, 0.1) is 0 Å². The number of nitrogens with one attached hydrogen (secondary N) is 2. The van der Waals surface area contributed by atoms with Gasteiger partial charge in [-0.15, -0.1) is 0 Å². The Labute approximate surface area is 170 Å². The van der Waals surface area contributed by atoms with Crippen LogP contribution < -0.4 is 15.6 Å². The SMILES string of the molecule is COc1ccc(-c2nc(SCC(=O)NCC3CCCO3)n3[nH]c(=O)cc3n2)cc1. The first-order chi connectivity index (χ1) is 14.1. The number of aromatic nitrogens is 4.